The summed E-state index contributed by atoms with van der Waals surface area (Å²) in [4.78, 5) is 27.0. The molecule has 1 rings (SSSR count). The number of carbonyl (C=O) groups is 2. The van der Waals surface area contributed by atoms with Gasteiger partial charge in [0.05, 0.1) is 5.54 Å². The van der Waals surface area contributed by atoms with Crippen LogP contribution in [0, 0.1) is 5.92 Å². The first-order valence-corrected chi connectivity index (χ1v) is 6.92. The van der Waals surface area contributed by atoms with Crippen molar-refractivity contribution in [2.24, 2.45) is 11.7 Å². The van der Waals surface area contributed by atoms with Crippen LogP contribution in [0.15, 0.2) is 5.38 Å². The predicted octanol–water partition coefficient (Wildman–Crippen LogP) is 1.20. The third-order valence-corrected chi connectivity index (χ3v) is 3.87. The highest BCUT2D eigenvalue weighted by Crippen LogP contribution is 2.18. The molecule has 0 bridgehead atoms. The smallest absolute Gasteiger partial charge is 0.271 e. The molecule has 19 heavy (non-hydrogen) atoms. The highest BCUT2D eigenvalue weighted by molar-refractivity contribution is 7.14. The van der Waals surface area contributed by atoms with Crippen molar-refractivity contribution in [2.75, 3.05) is 11.9 Å². The van der Waals surface area contributed by atoms with Gasteiger partial charge in [0, 0.05) is 18.8 Å². The van der Waals surface area contributed by atoms with Crippen molar-refractivity contribution in [3.63, 3.8) is 0 Å². The van der Waals surface area contributed by atoms with Gasteiger partial charge < -0.3 is 16.4 Å². The summed E-state index contributed by atoms with van der Waals surface area (Å²) < 4.78 is 0. The maximum absolute atomic E-state index is 12.1. The second-order valence-corrected chi connectivity index (χ2v) is 5.81. The third kappa shape index (κ3) is 4.00. The van der Waals surface area contributed by atoms with Crippen LogP contribution >= 0.6 is 11.3 Å². The van der Waals surface area contributed by atoms with Gasteiger partial charge in [0.25, 0.3) is 5.91 Å². The van der Waals surface area contributed by atoms with Gasteiger partial charge >= 0.3 is 0 Å². The average molecular weight is 284 g/mol. The minimum absolute atomic E-state index is 0.204. The SMILES string of the molecule is CC(=O)Nc1nc(C(=O)NC(C)(CN)C(C)C)cs1. The quantitative estimate of drug-likeness (QED) is 0.757. The summed E-state index contributed by atoms with van der Waals surface area (Å²) in [6, 6.07) is 0. The summed E-state index contributed by atoms with van der Waals surface area (Å²) in [7, 11) is 0. The van der Waals surface area contributed by atoms with Gasteiger partial charge in [0.15, 0.2) is 5.13 Å². The van der Waals surface area contributed by atoms with Crippen molar-refractivity contribution in [3.8, 4) is 0 Å². The van der Waals surface area contributed by atoms with Crippen molar-refractivity contribution in [3.05, 3.63) is 11.1 Å². The molecular weight excluding hydrogens is 264 g/mol. The standard InChI is InChI=1S/C12H20N4O2S/c1-7(2)12(4,6-13)16-10(18)9-5-19-11(15-9)14-8(3)17/h5,7H,6,13H2,1-4H3,(H,16,18)(H,14,15,17). The van der Waals surface area contributed by atoms with Gasteiger partial charge in [0.2, 0.25) is 5.91 Å². The minimum Gasteiger partial charge on any atom is -0.344 e. The Kier molecular flexibility index (Phi) is 5.02. The molecule has 2 amide bonds. The summed E-state index contributed by atoms with van der Waals surface area (Å²) >= 11 is 1.21. The Morgan fingerprint density at radius 3 is 2.63 bits per heavy atom. The Bertz CT molecular complexity index is 472. The molecule has 0 radical (unpaired) electrons. The van der Waals surface area contributed by atoms with Crippen LogP contribution in [0.2, 0.25) is 0 Å². The number of aromatic nitrogens is 1. The molecule has 0 saturated carbocycles. The molecule has 4 N–H and O–H groups in total. The predicted molar refractivity (Wildman–Crippen MR) is 76.2 cm³/mol. The van der Waals surface area contributed by atoms with Gasteiger partial charge in [-0.2, -0.15) is 0 Å². The van der Waals surface area contributed by atoms with E-state index in [1.165, 1.54) is 18.3 Å². The number of carbonyl (C=O) groups excluding carboxylic acids is 2. The lowest BCUT2D eigenvalue weighted by molar-refractivity contribution is -0.114. The zero-order valence-corrected chi connectivity index (χ0v) is 12.4. The zero-order valence-electron chi connectivity index (χ0n) is 11.6. The van der Waals surface area contributed by atoms with Crippen LogP contribution in [0.1, 0.15) is 38.2 Å². The minimum atomic E-state index is -0.477. The van der Waals surface area contributed by atoms with Gasteiger partial charge in [-0.1, -0.05) is 13.8 Å². The number of hydrogen-bond acceptors (Lipinski definition) is 5. The Balaban J connectivity index is 2.78. The van der Waals surface area contributed by atoms with Crippen molar-refractivity contribution in [1.82, 2.24) is 10.3 Å². The van der Waals surface area contributed by atoms with E-state index in [0.717, 1.165) is 0 Å². The van der Waals surface area contributed by atoms with Crippen LogP contribution in [-0.2, 0) is 4.79 Å². The van der Waals surface area contributed by atoms with Crippen LogP contribution in [-0.4, -0.2) is 28.9 Å². The fraction of sp³-hybridized carbons (Fsp3) is 0.583. The van der Waals surface area contributed by atoms with Gasteiger partial charge in [0.1, 0.15) is 5.69 Å². The van der Waals surface area contributed by atoms with E-state index in [9.17, 15) is 9.59 Å². The Morgan fingerprint density at radius 1 is 1.53 bits per heavy atom. The van der Waals surface area contributed by atoms with E-state index in [1.54, 1.807) is 5.38 Å². The summed E-state index contributed by atoms with van der Waals surface area (Å²) in [5.41, 5.74) is 5.52. The molecule has 6 nitrogen and oxygen atoms in total. The molecular formula is C12H20N4O2S. The van der Waals surface area contributed by atoms with Gasteiger partial charge in [-0.05, 0) is 12.8 Å². The highest BCUT2D eigenvalue weighted by Gasteiger charge is 2.29. The van der Waals surface area contributed by atoms with Crippen LogP contribution in [0.4, 0.5) is 5.13 Å². The Hall–Kier alpha value is -1.47. The van der Waals surface area contributed by atoms with Crippen molar-refractivity contribution in [2.45, 2.75) is 33.2 Å². The monoisotopic (exact) mass is 284 g/mol. The van der Waals surface area contributed by atoms with E-state index in [1.807, 2.05) is 20.8 Å². The molecule has 1 unspecified atom stereocenters. The number of amides is 2. The van der Waals surface area contributed by atoms with Crippen molar-refractivity contribution in [1.29, 1.82) is 0 Å². The molecule has 0 saturated heterocycles. The normalized spacial score (nSPS) is 14.0. The number of nitrogens with zero attached hydrogens (tertiary/aromatic N) is 1. The molecule has 7 heteroatoms. The molecule has 1 aromatic heterocycles. The largest absolute Gasteiger partial charge is 0.344 e. The lowest BCUT2D eigenvalue weighted by Crippen LogP contribution is -2.55. The molecule has 0 spiro atoms. The molecule has 0 fully saturated rings. The lowest BCUT2D eigenvalue weighted by Gasteiger charge is -2.33. The molecule has 1 atom stereocenters. The van der Waals surface area contributed by atoms with Crippen molar-refractivity contribution >= 4 is 28.3 Å². The molecule has 0 aliphatic heterocycles. The summed E-state index contributed by atoms with van der Waals surface area (Å²) in [6.07, 6.45) is 0. The number of hydrogen-bond donors (Lipinski definition) is 3. The second-order valence-electron chi connectivity index (χ2n) is 4.95. The number of nitrogens with one attached hydrogen (secondary N) is 2. The second kappa shape index (κ2) is 6.12. The molecule has 106 valence electrons. The van der Waals surface area contributed by atoms with Crippen LogP contribution in [0.3, 0.4) is 0 Å². The maximum Gasteiger partial charge on any atom is 0.271 e. The Labute approximate surface area is 116 Å². The first-order chi connectivity index (χ1) is 8.78. The zero-order chi connectivity index (χ0) is 14.6. The third-order valence-electron chi connectivity index (χ3n) is 3.12. The Morgan fingerprint density at radius 2 is 2.16 bits per heavy atom. The van der Waals surface area contributed by atoms with Gasteiger partial charge in [-0.25, -0.2) is 4.98 Å². The van der Waals surface area contributed by atoms with E-state index in [4.69, 9.17) is 5.73 Å². The number of rotatable bonds is 5. The first kappa shape index (κ1) is 15.6. The van der Waals surface area contributed by atoms with E-state index < -0.39 is 5.54 Å². The molecule has 0 aromatic carbocycles. The maximum atomic E-state index is 12.1. The first-order valence-electron chi connectivity index (χ1n) is 6.04. The molecule has 0 aliphatic carbocycles. The number of nitrogens with two attached hydrogens (primary N) is 1. The molecule has 0 aliphatic rings. The number of thiazole rings is 1. The molecule has 1 heterocycles. The summed E-state index contributed by atoms with van der Waals surface area (Å²) in [5.74, 6) is -0.292. The van der Waals surface area contributed by atoms with Crippen LogP contribution < -0.4 is 16.4 Å². The summed E-state index contributed by atoms with van der Waals surface area (Å²) in [5, 5.41) is 7.46. The van der Waals surface area contributed by atoms with E-state index in [0.29, 0.717) is 11.7 Å². The van der Waals surface area contributed by atoms with Crippen LogP contribution in [0.25, 0.3) is 0 Å². The number of anilines is 1. The lowest BCUT2D eigenvalue weighted by atomic mass is 9.88. The molecule has 1 aromatic rings. The van der Waals surface area contributed by atoms with E-state index in [2.05, 4.69) is 15.6 Å². The van der Waals surface area contributed by atoms with E-state index in [-0.39, 0.29) is 23.4 Å². The summed E-state index contributed by atoms with van der Waals surface area (Å²) in [6.45, 7) is 7.63. The topological polar surface area (TPSA) is 97.1 Å². The van der Waals surface area contributed by atoms with E-state index >= 15 is 0 Å². The average Bonchev–Trinajstić information content (AvgIpc) is 2.76. The van der Waals surface area contributed by atoms with Gasteiger partial charge in [-0.3, -0.25) is 9.59 Å². The van der Waals surface area contributed by atoms with Crippen LogP contribution in [0.5, 0.6) is 0 Å². The fourth-order valence-electron chi connectivity index (χ4n) is 1.34. The van der Waals surface area contributed by atoms with Gasteiger partial charge in [-0.15, -0.1) is 11.3 Å². The highest BCUT2D eigenvalue weighted by atomic mass is 32.1. The fourth-order valence-corrected chi connectivity index (χ4v) is 2.08. The van der Waals surface area contributed by atoms with Crippen molar-refractivity contribution < 1.29 is 9.59 Å².